The summed E-state index contributed by atoms with van der Waals surface area (Å²) >= 11 is 0. The standard InChI is InChI=1S/C4H9NO.C3H8.C2H6.H2/c1-3(5)4(2)6;1-3-2;1-2;/h3H,5H2,1-2H3;3H2,1-2H3;1-2H3;1H. The van der Waals surface area contributed by atoms with Gasteiger partial charge in [0.1, 0.15) is 5.78 Å². The fourth-order valence-corrected chi connectivity index (χ4v) is 0. The maximum absolute atomic E-state index is 10.0. The molecule has 2 heteroatoms. The Bertz CT molecular complexity index is 74.9. The number of nitrogens with two attached hydrogens (primary N) is 1. The smallest absolute Gasteiger partial charge is 0.146 e. The summed E-state index contributed by atoms with van der Waals surface area (Å²) in [6.45, 7) is 11.4. The SMILES string of the molecule is CC.CC(=O)C(C)N.CCC.[HH]. The summed E-state index contributed by atoms with van der Waals surface area (Å²) in [5, 5.41) is 0. The largest absolute Gasteiger partial charge is 0.322 e. The van der Waals surface area contributed by atoms with E-state index in [9.17, 15) is 4.79 Å². The first-order valence-corrected chi connectivity index (χ1v) is 4.32. The maximum atomic E-state index is 10.0. The summed E-state index contributed by atoms with van der Waals surface area (Å²) < 4.78 is 0. The lowest BCUT2D eigenvalue weighted by Gasteiger charge is -1.91. The van der Waals surface area contributed by atoms with Crippen molar-refractivity contribution in [1.82, 2.24) is 0 Å². The molecule has 0 amide bonds. The van der Waals surface area contributed by atoms with E-state index in [2.05, 4.69) is 13.8 Å². The van der Waals surface area contributed by atoms with Crippen molar-refractivity contribution < 1.29 is 6.22 Å². The molecule has 0 rings (SSSR count). The molecule has 2 N–H and O–H groups in total. The van der Waals surface area contributed by atoms with Gasteiger partial charge >= 0.3 is 0 Å². The highest BCUT2D eigenvalue weighted by molar-refractivity contribution is 5.80. The number of ketones is 1. The Kier molecular flexibility index (Phi) is 25.1. The van der Waals surface area contributed by atoms with Gasteiger partial charge in [-0.15, -0.1) is 0 Å². The van der Waals surface area contributed by atoms with Crippen molar-refractivity contribution in [2.45, 2.75) is 54.0 Å². The Morgan fingerprint density at radius 1 is 1.45 bits per heavy atom. The van der Waals surface area contributed by atoms with E-state index in [1.807, 2.05) is 13.8 Å². The number of hydrogen-bond donors (Lipinski definition) is 1. The van der Waals surface area contributed by atoms with Crippen molar-refractivity contribution in [2.24, 2.45) is 5.73 Å². The van der Waals surface area contributed by atoms with E-state index < -0.39 is 0 Å². The molecule has 0 bridgehead atoms. The second-order valence-corrected chi connectivity index (χ2v) is 2.11. The van der Waals surface area contributed by atoms with Crippen LogP contribution in [0.1, 0.15) is 49.4 Å². The molecule has 0 radical (unpaired) electrons. The number of carbonyl (C=O) groups excluding carboxylic acids is 1. The zero-order valence-electron chi connectivity index (χ0n) is 8.77. The van der Waals surface area contributed by atoms with Gasteiger partial charge in [-0.25, -0.2) is 0 Å². The van der Waals surface area contributed by atoms with Gasteiger partial charge in [-0.05, 0) is 13.8 Å². The van der Waals surface area contributed by atoms with Crippen molar-refractivity contribution in [3.63, 3.8) is 0 Å². The predicted molar refractivity (Wildman–Crippen MR) is 53.8 cm³/mol. The minimum absolute atomic E-state index is 0. The normalized spacial score (nSPS) is 9.73. The zero-order chi connectivity index (χ0) is 9.86. The van der Waals surface area contributed by atoms with Gasteiger partial charge in [0, 0.05) is 1.43 Å². The lowest BCUT2D eigenvalue weighted by atomic mass is 10.3. The highest BCUT2D eigenvalue weighted by atomic mass is 16.1. The molecule has 0 aromatic carbocycles. The van der Waals surface area contributed by atoms with Crippen molar-refractivity contribution in [1.29, 1.82) is 0 Å². The Hall–Kier alpha value is -0.370. The average Bonchev–Trinajstić information content (AvgIpc) is 1.93. The van der Waals surface area contributed by atoms with Crippen LogP contribution in [0.3, 0.4) is 0 Å². The van der Waals surface area contributed by atoms with Crippen LogP contribution in [0, 0.1) is 0 Å². The first-order chi connectivity index (χ1) is 5.06. The molecule has 0 heterocycles. The van der Waals surface area contributed by atoms with Crippen molar-refractivity contribution >= 4 is 5.78 Å². The number of rotatable bonds is 1. The quantitative estimate of drug-likeness (QED) is 0.645. The van der Waals surface area contributed by atoms with E-state index in [0.29, 0.717) is 0 Å². The Balaban J connectivity index is -0.0000000462. The summed E-state index contributed by atoms with van der Waals surface area (Å²) in [4.78, 5) is 10.0. The van der Waals surface area contributed by atoms with Gasteiger partial charge in [-0.3, -0.25) is 4.79 Å². The first kappa shape index (κ1) is 16.9. The van der Waals surface area contributed by atoms with Crippen LogP contribution in [0.15, 0.2) is 0 Å². The van der Waals surface area contributed by atoms with Gasteiger partial charge in [-0.2, -0.15) is 0 Å². The van der Waals surface area contributed by atoms with E-state index in [-0.39, 0.29) is 13.3 Å². The van der Waals surface area contributed by atoms with Gasteiger partial charge in [0.05, 0.1) is 6.04 Å². The molecule has 0 aromatic heterocycles. The van der Waals surface area contributed by atoms with Crippen LogP contribution < -0.4 is 5.73 Å². The lowest BCUT2D eigenvalue weighted by Crippen LogP contribution is -2.23. The fraction of sp³-hybridized carbons (Fsp3) is 0.889. The molecule has 11 heavy (non-hydrogen) atoms. The van der Waals surface area contributed by atoms with E-state index in [1.165, 1.54) is 13.3 Å². The molecular formula is C9H25NO. The third-order valence-corrected chi connectivity index (χ3v) is 0.641. The highest BCUT2D eigenvalue weighted by Gasteiger charge is 1.95. The molecule has 0 saturated carbocycles. The van der Waals surface area contributed by atoms with E-state index >= 15 is 0 Å². The highest BCUT2D eigenvalue weighted by Crippen LogP contribution is 1.72. The molecule has 0 aliphatic carbocycles. The first-order valence-electron chi connectivity index (χ1n) is 4.32. The fourth-order valence-electron chi connectivity index (χ4n) is 0. The molecule has 1 unspecified atom stereocenters. The number of hydrogen-bond acceptors (Lipinski definition) is 2. The monoisotopic (exact) mass is 163 g/mol. The molecule has 0 spiro atoms. The van der Waals surface area contributed by atoms with Gasteiger partial charge < -0.3 is 5.73 Å². The minimum atomic E-state index is -0.287. The third-order valence-electron chi connectivity index (χ3n) is 0.641. The Morgan fingerprint density at radius 2 is 1.55 bits per heavy atom. The van der Waals surface area contributed by atoms with Crippen LogP contribution in [-0.2, 0) is 4.79 Å². The minimum Gasteiger partial charge on any atom is -0.322 e. The second-order valence-electron chi connectivity index (χ2n) is 2.11. The summed E-state index contributed by atoms with van der Waals surface area (Å²) in [6, 6.07) is -0.287. The number of carbonyl (C=O) groups is 1. The maximum Gasteiger partial charge on any atom is 0.146 e. The van der Waals surface area contributed by atoms with Crippen LogP contribution in [-0.4, -0.2) is 11.8 Å². The van der Waals surface area contributed by atoms with Crippen LogP contribution in [0.5, 0.6) is 0 Å². The average molecular weight is 163 g/mol. The zero-order valence-corrected chi connectivity index (χ0v) is 8.77. The molecule has 0 aliphatic heterocycles. The summed E-state index contributed by atoms with van der Waals surface area (Å²) in [5.74, 6) is 0.0370. The van der Waals surface area contributed by atoms with Crippen molar-refractivity contribution in [3.8, 4) is 0 Å². The van der Waals surface area contributed by atoms with Crippen molar-refractivity contribution in [3.05, 3.63) is 0 Å². The van der Waals surface area contributed by atoms with Gasteiger partial charge in [-0.1, -0.05) is 34.1 Å². The van der Waals surface area contributed by atoms with Gasteiger partial charge in [0.2, 0.25) is 0 Å². The lowest BCUT2D eigenvalue weighted by molar-refractivity contribution is -0.117. The topological polar surface area (TPSA) is 43.1 Å². The van der Waals surface area contributed by atoms with E-state index in [4.69, 9.17) is 5.73 Å². The molecule has 0 saturated heterocycles. The predicted octanol–water partition coefficient (Wildman–Crippen LogP) is 2.61. The summed E-state index contributed by atoms with van der Waals surface area (Å²) in [7, 11) is 0. The van der Waals surface area contributed by atoms with Crippen LogP contribution >= 0.6 is 0 Å². The van der Waals surface area contributed by atoms with Crippen LogP contribution in [0.4, 0.5) is 0 Å². The third kappa shape index (κ3) is 42.5. The van der Waals surface area contributed by atoms with Gasteiger partial charge in [0.15, 0.2) is 0 Å². The van der Waals surface area contributed by atoms with Crippen LogP contribution in [0.2, 0.25) is 0 Å². The molecule has 0 aliphatic rings. The number of Topliss-reactive ketones (excluding diaryl/α,β-unsaturated/α-hetero) is 1. The van der Waals surface area contributed by atoms with E-state index in [1.54, 1.807) is 6.92 Å². The molecule has 2 nitrogen and oxygen atoms in total. The Morgan fingerprint density at radius 3 is 1.55 bits per heavy atom. The molecule has 72 valence electrons. The summed E-state index contributed by atoms with van der Waals surface area (Å²) in [5.41, 5.74) is 5.09. The molecular weight excluding hydrogens is 138 g/mol. The van der Waals surface area contributed by atoms with Crippen molar-refractivity contribution in [2.75, 3.05) is 0 Å². The van der Waals surface area contributed by atoms with Crippen LogP contribution in [0.25, 0.3) is 0 Å². The molecule has 0 aromatic rings. The van der Waals surface area contributed by atoms with E-state index in [0.717, 1.165) is 0 Å². The summed E-state index contributed by atoms with van der Waals surface area (Å²) in [6.07, 6.45) is 1.25. The van der Waals surface area contributed by atoms with Gasteiger partial charge in [0.25, 0.3) is 0 Å². The second kappa shape index (κ2) is 16.3. The molecule has 0 fully saturated rings. The Labute approximate surface area is 72.7 Å². The molecule has 1 atom stereocenters.